The van der Waals surface area contributed by atoms with Gasteiger partial charge in [0.15, 0.2) is 5.13 Å². The van der Waals surface area contributed by atoms with E-state index in [1.807, 2.05) is 23.1 Å². The van der Waals surface area contributed by atoms with E-state index in [1.54, 1.807) is 0 Å². The Morgan fingerprint density at radius 1 is 1.44 bits per heavy atom. The molecule has 136 valence electrons. The summed E-state index contributed by atoms with van der Waals surface area (Å²) in [5, 5.41) is 0.533. The van der Waals surface area contributed by atoms with Crippen LogP contribution >= 0.6 is 11.3 Å². The molecule has 1 aromatic carbocycles. The molecule has 1 fully saturated rings. The van der Waals surface area contributed by atoms with E-state index in [4.69, 9.17) is 10.5 Å². The van der Waals surface area contributed by atoms with Gasteiger partial charge >= 0.3 is 0 Å². The molecule has 1 aromatic heterocycles. The largest absolute Gasteiger partial charge is 0.375 e. The van der Waals surface area contributed by atoms with Crippen molar-refractivity contribution in [3.8, 4) is 0 Å². The van der Waals surface area contributed by atoms with E-state index >= 15 is 0 Å². The van der Waals surface area contributed by atoms with Gasteiger partial charge in [0, 0.05) is 18.7 Å². The minimum Gasteiger partial charge on any atom is -0.375 e. The molecular formula is C19H27N3O2S. The number of hydrogen-bond acceptors (Lipinski definition) is 5. The molecular weight excluding hydrogens is 334 g/mol. The summed E-state index contributed by atoms with van der Waals surface area (Å²) in [5.41, 5.74) is 7.24. The highest BCUT2D eigenvalue weighted by atomic mass is 32.1. The van der Waals surface area contributed by atoms with Crippen LogP contribution in [0.3, 0.4) is 0 Å². The van der Waals surface area contributed by atoms with Gasteiger partial charge in [-0.1, -0.05) is 44.9 Å². The van der Waals surface area contributed by atoms with Crippen LogP contribution < -0.4 is 5.73 Å². The van der Waals surface area contributed by atoms with E-state index in [1.165, 1.54) is 11.3 Å². The number of amides is 1. The zero-order valence-corrected chi connectivity index (χ0v) is 16.0. The second-order valence-electron chi connectivity index (χ2n) is 7.13. The SMILES string of the molecule is CCCC[C@@H]1CN(C(=O)c2ccc3sc(N)nc3c2)C[C@H](C(C)C)O1. The molecule has 1 aliphatic heterocycles. The zero-order chi connectivity index (χ0) is 18.0. The number of hydrogen-bond donors (Lipinski definition) is 1. The van der Waals surface area contributed by atoms with Gasteiger partial charge in [0.05, 0.1) is 22.4 Å². The Morgan fingerprint density at radius 2 is 2.24 bits per heavy atom. The summed E-state index contributed by atoms with van der Waals surface area (Å²) in [6.45, 7) is 7.80. The van der Waals surface area contributed by atoms with Gasteiger partial charge in [-0.05, 0) is 30.5 Å². The summed E-state index contributed by atoms with van der Waals surface area (Å²) in [6, 6.07) is 5.67. The Labute approximate surface area is 153 Å². The van der Waals surface area contributed by atoms with Crippen LogP contribution in [0.1, 0.15) is 50.4 Å². The first kappa shape index (κ1) is 18.1. The van der Waals surface area contributed by atoms with Gasteiger partial charge < -0.3 is 15.4 Å². The highest BCUT2D eigenvalue weighted by Crippen LogP contribution is 2.26. The number of morpholine rings is 1. The van der Waals surface area contributed by atoms with Crippen LogP contribution in [0.2, 0.25) is 0 Å². The Bertz CT molecular complexity index is 743. The first-order chi connectivity index (χ1) is 12.0. The number of carbonyl (C=O) groups excluding carboxylic acids is 1. The average Bonchev–Trinajstić information content (AvgIpc) is 2.98. The zero-order valence-electron chi connectivity index (χ0n) is 15.2. The first-order valence-electron chi connectivity index (χ1n) is 9.08. The van der Waals surface area contributed by atoms with Gasteiger partial charge in [-0.25, -0.2) is 4.98 Å². The average molecular weight is 362 g/mol. The molecule has 0 aliphatic carbocycles. The molecule has 5 nitrogen and oxygen atoms in total. The van der Waals surface area contributed by atoms with Crippen LogP contribution in [0, 0.1) is 5.92 Å². The van der Waals surface area contributed by atoms with E-state index in [2.05, 4.69) is 25.8 Å². The van der Waals surface area contributed by atoms with Crippen molar-refractivity contribution in [1.29, 1.82) is 0 Å². The van der Waals surface area contributed by atoms with Crippen molar-refractivity contribution in [2.75, 3.05) is 18.8 Å². The van der Waals surface area contributed by atoms with Gasteiger partial charge in [-0.3, -0.25) is 4.79 Å². The quantitative estimate of drug-likeness (QED) is 0.876. The fraction of sp³-hybridized carbons (Fsp3) is 0.579. The molecule has 0 saturated carbocycles. The van der Waals surface area contributed by atoms with Gasteiger partial charge in [0.2, 0.25) is 0 Å². The Hall–Kier alpha value is -1.66. The number of anilines is 1. The summed E-state index contributed by atoms with van der Waals surface area (Å²) in [4.78, 5) is 19.3. The molecule has 0 radical (unpaired) electrons. The molecule has 2 atom stereocenters. The molecule has 25 heavy (non-hydrogen) atoms. The minimum atomic E-state index is 0.0592. The lowest BCUT2D eigenvalue weighted by Crippen LogP contribution is -2.51. The summed E-state index contributed by atoms with van der Waals surface area (Å²) in [6.07, 6.45) is 3.50. The van der Waals surface area contributed by atoms with Crippen molar-refractivity contribution in [1.82, 2.24) is 9.88 Å². The lowest BCUT2D eigenvalue weighted by molar-refractivity contribution is -0.0962. The predicted molar refractivity (Wildman–Crippen MR) is 103 cm³/mol. The molecule has 1 amide bonds. The van der Waals surface area contributed by atoms with Crippen molar-refractivity contribution in [3.05, 3.63) is 23.8 Å². The molecule has 2 aromatic rings. The van der Waals surface area contributed by atoms with Crippen LogP contribution in [0.15, 0.2) is 18.2 Å². The summed E-state index contributed by atoms with van der Waals surface area (Å²) < 4.78 is 7.23. The number of ether oxygens (including phenoxy) is 1. The van der Waals surface area contributed by atoms with E-state index in [0.717, 1.165) is 29.5 Å². The molecule has 0 unspecified atom stereocenters. The van der Waals surface area contributed by atoms with Crippen molar-refractivity contribution in [3.63, 3.8) is 0 Å². The molecule has 2 heterocycles. The predicted octanol–water partition coefficient (Wildman–Crippen LogP) is 3.93. The van der Waals surface area contributed by atoms with Crippen LogP contribution in [0.4, 0.5) is 5.13 Å². The van der Waals surface area contributed by atoms with Gasteiger partial charge in [0.25, 0.3) is 5.91 Å². The highest BCUT2D eigenvalue weighted by Gasteiger charge is 2.32. The number of nitrogens with zero attached hydrogens (tertiary/aromatic N) is 2. The highest BCUT2D eigenvalue weighted by molar-refractivity contribution is 7.22. The number of benzene rings is 1. The normalized spacial score (nSPS) is 21.2. The Kier molecular flexibility index (Phi) is 5.59. The topological polar surface area (TPSA) is 68.5 Å². The minimum absolute atomic E-state index is 0.0592. The first-order valence-corrected chi connectivity index (χ1v) is 9.90. The summed E-state index contributed by atoms with van der Waals surface area (Å²) in [7, 11) is 0. The molecule has 0 bridgehead atoms. The monoisotopic (exact) mass is 361 g/mol. The van der Waals surface area contributed by atoms with Crippen molar-refractivity contribution >= 4 is 32.6 Å². The van der Waals surface area contributed by atoms with E-state index < -0.39 is 0 Å². The third-order valence-corrected chi connectivity index (χ3v) is 5.62. The fourth-order valence-corrected chi connectivity index (χ4v) is 3.97. The number of nitrogen functional groups attached to an aromatic ring is 1. The number of fused-ring (bicyclic) bond motifs is 1. The molecule has 0 spiro atoms. The number of unbranched alkanes of at least 4 members (excludes halogenated alkanes) is 1. The lowest BCUT2D eigenvalue weighted by Gasteiger charge is -2.40. The van der Waals surface area contributed by atoms with Gasteiger partial charge in [-0.2, -0.15) is 0 Å². The molecule has 1 aliphatic rings. The maximum absolute atomic E-state index is 13.1. The van der Waals surface area contributed by atoms with E-state index in [0.29, 0.717) is 29.7 Å². The standard InChI is InChI=1S/C19H27N3O2S/c1-4-5-6-14-10-22(11-16(24-14)12(2)3)18(23)13-7-8-17-15(9-13)21-19(20)25-17/h7-9,12,14,16H,4-6,10-11H2,1-3H3,(H2,20,21)/t14-,16-/m1/s1. The van der Waals surface area contributed by atoms with E-state index in [9.17, 15) is 4.79 Å². The number of thiazole rings is 1. The Balaban J connectivity index is 1.79. The van der Waals surface area contributed by atoms with Crippen molar-refractivity contribution < 1.29 is 9.53 Å². The number of aromatic nitrogens is 1. The van der Waals surface area contributed by atoms with Crippen molar-refractivity contribution in [2.24, 2.45) is 5.92 Å². The van der Waals surface area contributed by atoms with Crippen LogP contribution in [-0.2, 0) is 4.74 Å². The lowest BCUT2D eigenvalue weighted by atomic mass is 10.0. The van der Waals surface area contributed by atoms with Crippen LogP contribution in [0.5, 0.6) is 0 Å². The van der Waals surface area contributed by atoms with Gasteiger partial charge in [0.1, 0.15) is 0 Å². The Morgan fingerprint density at radius 3 is 2.96 bits per heavy atom. The second-order valence-corrected chi connectivity index (χ2v) is 8.19. The van der Waals surface area contributed by atoms with Crippen LogP contribution in [-0.4, -0.2) is 41.1 Å². The molecule has 3 rings (SSSR count). The molecule has 6 heteroatoms. The summed E-state index contributed by atoms with van der Waals surface area (Å²) >= 11 is 1.44. The summed E-state index contributed by atoms with van der Waals surface area (Å²) in [5.74, 6) is 0.449. The van der Waals surface area contributed by atoms with E-state index in [-0.39, 0.29) is 18.1 Å². The maximum atomic E-state index is 13.1. The second kappa shape index (κ2) is 7.70. The third kappa shape index (κ3) is 4.12. The number of nitrogens with two attached hydrogens (primary N) is 1. The fourth-order valence-electron chi connectivity index (χ4n) is 3.26. The maximum Gasteiger partial charge on any atom is 0.254 e. The molecule has 1 saturated heterocycles. The smallest absolute Gasteiger partial charge is 0.254 e. The van der Waals surface area contributed by atoms with Gasteiger partial charge in [-0.15, -0.1) is 0 Å². The molecule has 2 N–H and O–H groups in total. The third-order valence-electron chi connectivity index (χ3n) is 4.75. The van der Waals surface area contributed by atoms with Crippen molar-refractivity contribution in [2.45, 2.75) is 52.2 Å². The number of carbonyl (C=O) groups is 1. The number of rotatable bonds is 5. The van der Waals surface area contributed by atoms with Crippen LogP contribution in [0.25, 0.3) is 10.2 Å².